The van der Waals surface area contributed by atoms with Gasteiger partial charge in [0, 0.05) is 29.0 Å². The zero-order chi connectivity index (χ0) is 19.5. The van der Waals surface area contributed by atoms with Crippen LogP contribution in [0, 0.1) is 0 Å². The molecule has 10 nitrogen and oxygen atoms in total. The Morgan fingerprint density at radius 1 is 1.25 bits per heavy atom. The largest absolute Gasteiger partial charge is 0.493 e. The number of carbonyl (C=O) groups excluding carboxylic acids is 1. The smallest absolute Gasteiger partial charge is 0.272 e. The highest BCUT2D eigenvalue weighted by atomic mass is 32.1. The summed E-state index contributed by atoms with van der Waals surface area (Å²) < 4.78 is 23.3. The molecule has 1 aliphatic heterocycles. The molecule has 2 N–H and O–H groups in total. The number of tetrazole rings is 1. The van der Waals surface area contributed by atoms with Crippen LogP contribution < -0.4 is 19.5 Å². The number of fused-ring (bicyclic) bond motifs is 1. The minimum absolute atomic E-state index is 0.0311. The summed E-state index contributed by atoms with van der Waals surface area (Å²) in [5.74, 6) is 1.37. The van der Waals surface area contributed by atoms with Crippen molar-refractivity contribution in [3.8, 4) is 17.2 Å². The molecule has 0 aliphatic carbocycles. The number of hydrogen-bond donors (Lipinski definition) is 2. The normalized spacial score (nSPS) is 14.8. The Balaban J connectivity index is 1.76. The molecular formula is C17H19N5O5S. The van der Waals surface area contributed by atoms with Gasteiger partial charge in [-0.3, -0.25) is 10.1 Å². The molecule has 3 heterocycles. The Hall–Kier alpha value is -2.92. The first-order valence-corrected chi connectivity index (χ1v) is 9.49. The minimum Gasteiger partial charge on any atom is -0.493 e. The Morgan fingerprint density at radius 3 is 2.68 bits per heavy atom. The quantitative estimate of drug-likeness (QED) is 0.641. The molecule has 1 fully saturated rings. The lowest BCUT2D eigenvalue weighted by molar-refractivity contribution is 0.0260. The van der Waals surface area contributed by atoms with Crippen LogP contribution in [0.25, 0.3) is 10.1 Å². The molecule has 0 unspecified atom stereocenters. The van der Waals surface area contributed by atoms with Crippen LogP contribution in [0.4, 0.5) is 5.95 Å². The summed E-state index contributed by atoms with van der Waals surface area (Å²) in [7, 11) is 3.14. The number of benzene rings is 1. The molecule has 1 amide bonds. The maximum atomic E-state index is 12.9. The molecule has 1 aliphatic rings. The monoisotopic (exact) mass is 405 g/mol. The van der Waals surface area contributed by atoms with Gasteiger partial charge in [-0.25, -0.2) is 0 Å². The van der Waals surface area contributed by atoms with Crippen molar-refractivity contribution in [3.63, 3.8) is 0 Å². The molecule has 0 bridgehead atoms. The number of H-pyrrole nitrogens is 1. The van der Waals surface area contributed by atoms with Gasteiger partial charge >= 0.3 is 0 Å². The van der Waals surface area contributed by atoms with Crippen LogP contribution in [0.15, 0.2) is 12.1 Å². The number of aromatic nitrogens is 4. The van der Waals surface area contributed by atoms with Crippen LogP contribution in [-0.4, -0.2) is 60.1 Å². The summed E-state index contributed by atoms with van der Waals surface area (Å²) in [6.07, 6.45) is 1.49. The Kier molecular flexibility index (Phi) is 5.26. The molecule has 0 atom stereocenters. The van der Waals surface area contributed by atoms with E-state index in [4.69, 9.17) is 18.9 Å². The third-order valence-electron chi connectivity index (χ3n) is 4.38. The fourth-order valence-electron chi connectivity index (χ4n) is 3.00. The van der Waals surface area contributed by atoms with Crippen molar-refractivity contribution in [3.05, 3.63) is 17.0 Å². The van der Waals surface area contributed by atoms with Gasteiger partial charge < -0.3 is 18.9 Å². The lowest BCUT2D eigenvalue weighted by atomic mass is 10.1. The predicted octanol–water partition coefficient (Wildman–Crippen LogP) is 2.24. The first kappa shape index (κ1) is 18.4. The highest BCUT2D eigenvalue weighted by Crippen LogP contribution is 2.44. The van der Waals surface area contributed by atoms with Gasteiger partial charge in [-0.15, -0.1) is 16.4 Å². The minimum atomic E-state index is -0.373. The van der Waals surface area contributed by atoms with Crippen LogP contribution >= 0.6 is 11.3 Å². The van der Waals surface area contributed by atoms with Gasteiger partial charge in [0.05, 0.1) is 27.4 Å². The van der Waals surface area contributed by atoms with Crippen molar-refractivity contribution < 1.29 is 23.7 Å². The number of nitrogens with one attached hydrogen (secondary N) is 2. The number of hydrogen-bond acceptors (Lipinski definition) is 9. The van der Waals surface area contributed by atoms with Gasteiger partial charge in [0.1, 0.15) is 11.0 Å². The lowest BCUT2D eigenvalue weighted by Crippen LogP contribution is -2.26. The summed E-state index contributed by atoms with van der Waals surface area (Å²) in [4.78, 5) is 13.3. The third-order valence-corrected chi connectivity index (χ3v) is 5.51. The summed E-state index contributed by atoms with van der Waals surface area (Å²) in [6.45, 7) is 1.27. The maximum Gasteiger partial charge on any atom is 0.272 e. The highest BCUT2D eigenvalue weighted by molar-refractivity contribution is 7.21. The summed E-state index contributed by atoms with van der Waals surface area (Å²) in [6, 6.07) is 3.66. The number of anilines is 1. The topological polar surface area (TPSA) is 120 Å². The van der Waals surface area contributed by atoms with Crippen molar-refractivity contribution in [1.82, 2.24) is 20.6 Å². The Bertz CT molecular complexity index is 968. The highest BCUT2D eigenvalue weighted by Gasteiger charge is 2.26. The SMILES string of the molecule is COc1cc2sc(C(=O)Nc3nn[nH]n3)c(OC3CCOCC3)c2cc1OC. The fraction of sp³-hybridized carbons (Fsp3) is 0.412. The number of aromatic amines is 1. The van der Waals surface area contributed by atoms with Crippen LogP contribution in [-0.2, 0) is 4.74 Å². The molecule has 1 aromatic carbocycles. The average molecular weight is 405 g/mol. The molecule has 2 aromatic heterocycles. The van der Waals surface area contributed by atoms with E-state index in [2.05, 4.69) is 25.9 Å². The molecular weight excluding hydrogens is 386 g/mol. The van der Waals surface area contributed by atoms with Crippen molar-refractivity contribution in [1.29, 1.82) is 0 Å². The molecule has 148 valence electrons. The van der Waals surface area contributed by atoms with Gasteiger partial charge in [0.25, 0.3) is 11.9 Å². The Morgan fingerprint density at radius 2 is 2.00 bits per heavy atom. The van der Waals surface area contributed by atoms with E-state index in [0.29, 0.717) is 35.3 Å². The van der Waals surface area contributed by atoms with Crippen molar-refractivity contribution >= 4 is 33.3 Å². The standard InChI is InChI=1S/C17H19N5O5S/c1-24-11-7-10-13(8-12(11)25-2)28-15(16(23)18-17-19-21-22-20-17)14(10)27-9-3-5-26-6-4-9/h7-9H,3-6H2,1-2H3,(H2,18,19,20,21,22,23). The zero-order valence-electron chi connectivity index (χ0n) is 15.4. The maximum absolute atomic E-state index is 12.9. The van der Waals surface area contributed by atoms with Crippen LogP contribution in [0.5, 0.6) is 17.2 Å². The number of rotatable bonds is 6. The number of nitrogens with zero attached hydrogens (tertiary/aromatic N) is 3. The molecule has 0 saturated carbocycles. The average Bonchev–Trinajstić information content (AvgIpc) is 3.35. The van der Waals surface area contributed by atoms with Crippen molar-refractivity contribution in [2.24, 2.45) is 0 Å². The van der Waals surface area contributed by atoms with Crippen LogP contribution in [0.3, 0.4) is 0 Å². The van der Waals surface area contributed by atoms with Crippen LogP contribution in [0.1, 0.15) is 22.5 Å². The fourth-order valence-corrected chi connectivity index (χ4v) is 4.04. The predicted molar refractivity (Wildman–Crippen MR) is 102 cm³/mol. The summed E-state index contributed by atoms with van der Waals surface area (Å²) in [5.41, 5.74) is 0. The second kappa shape index (κ2) is 7.98. The number of methoxy groups -OCH3 is 2. The van der Waals surface area contributed by atoms with E-state index in [1.165, 1.54) is 11.3 Å². The second-order valence-corrected chi connectivity index (χ2v) is 7.13. The molecule has 4 rings (SSSR count). The van der Waals surface area contributed by atoms with Gasteiger partial charge in [0.2, 0.25) is 0 Å². The van der Waals surface area contributed by atoms with E-state index in [-0.39, 0.29) is 18.0 Å². The van der Waals surface area contributed by atoms with Gasteiger partial charge in [-0.2, -0.15) is 5.21 Å². The molecule has 28 heavy (non-hydrogen) atoms. The number of ether oxygens (including phenoxy) is 4. The van der Waals surface area contributed by atoms with Gasteiger partial charge in [-0.1, -0.05) is 5.10 Å². The summed E-state index contributed by atoms with van der Waals surface area (Å²) >= 11 is 1.30. The molecule has 11 heteroatoms. The summed E-state index contributed by atoms with van der Waals surface area (Å²) in [5, 5.41) is 16.7. The van der Waals surface area contributed by atoms with E-state index in [1.807, 2.05) is 12.1 Å². The molecule has 3 aromatic rings. The van der Waals surface area contributed by atoms with E-state index in [0.717, 1.165) is 22.9 Å². The van der Waals surface area contributed by atoms with E-state index < -0.39 is 0 Å². The molecule has 1 saturated heterocycles. The van der Waals surface area contributed by atoms with E-state index in [1.54, 1.807) is 14.2 Å². The van der Waals surface area contributed by atoms with E-state index in [9.17, 15) is 4.79 Å². The number of carbonyl (C=O) groups is 1. The van der Waals surface area contributed by atoms with Crippen molar-refractivity contribution in [2.75, 3.05) is 32.8 Å². The first-order chi connectivity index (χ1) is 13.7. The third kappa shape index (κ3) is 3.58. The number of amides is 1. The second-order valence-electron chi connectivity index (χ2n) is 6.08. The van der Waals surface area contributed by atoms with Gasteiger partial charge in [-0.05, 0) is 11.3 Å². The van der Waals surface area contributed by atoms with Crippen LogP contribution in [0.2, 0.25) is 0 Å². The zero-order valence-corrected chi connectivity index (χ0v) is 16.2. The molecule has 0 radical (unpaired) electrons. The van der Waals surface area contributed by atoms with E-state index >= 15 is 0 Å². The molecule has 0 spiro atoms. The number of thiophene rings is 1. The lowest BCUT2D eigenvalue weighted by Gasteiger charge is -2.23. The Labute approximate surface area is 164 Å². The first-order valence-electron chi connectivity index (χ1n) is 8.67. The van der Waals surface area contributed by atoms with Crippen molar-refractivity contribution in [2.45, 2.75) is 18.9 Å². The van der Waals surface area contributed by atoms with Gasteiger partial charge in [0.15, 0.2) is 17.2 Å².